The molecule has 0 aliphatic rings. The number of carbonyl (C=O) groups is 2. The summed E-state index contributed by atoms with van der Waals surface area (Å²) in [7, 11) is 0. The molecule has 0 bridgehead atoms. The third-order valence-corrected chi connectivity index (χ3v) is 2.85. The monoisotopic (exact) mass is 288 g/mol. The molecule has 2 amide bonds. The van der Waals surface area contributed by atoms with E-state index in [1.807, 2.05) is 13.0 Å². The van der Waals surface area contributed by atoms with Gasteiger partial charge in [0.25, 0.3) is 5.91 Å². The van der Waals surface area contributed by atoms with Crippen LogP contribution in [0.2, 0.25) is 0 Å². The summed E-state index contributed by atoms with van der Waals surface area (Å²) in [6, 6.07) is 5.29. The number of nitrogens with one attached hydrogen (secondary N) is 1. The largest absolute Gasteiger partial charge is 0.395 e. The molecule has 0 radical (unpaired) electrons. The molecule has 5 nitrogen and oxygen atoms in total. The van der Waals surface area contributed by atoms with Crippen LogP contribution in [0.25, 0.3) is 0 Å². The van der Waals surface area contributed by atoms with Crippen molar-refractivity contribution in [2.75, 3.05) is 13.2 Å². The topological polar surface area (TPSA) is 92.4 Å². The molecule has 0 aromatic heterocycles. The summed E-state index contributed by atoms with van der Waals surface area (Å²) in [5.74, 6) is 5.20. The molecule has 0 aliphatic heterocycles. The van der Waals surface area contributed by atoms with Gasteiger partial charge in [-0.25, -0.2) is 0 Å². The van der Waals surface area contributed by atoms with Crippen LogP contribution >= 0.6 is 0 Å². The van der Waals surface area contributed by atoms with Gasteiger partial charge in [0.2, 0.25) is 5.91 Å². The average Bonchev–Trinajstić information content (AvgIpc) is 2.45. The lowest BCUT2D eigenvalue weighted by Crippen LogP contribution is -2.25. The summed E-state index contributed by atoms with van der Waals surface area (Å²) in [5, 5.41) is 11.4. The van der Waals surface area contributed by atoms with E-state index in [1.165, 1.54) is 0 Å². The predicted molar refractivity (Wildman–Crippen MR) is 80.5 cm³/mol. The lowest BCUT2D eigenvalue weighted by molar-refractivity contribution is -0.118. The number of aliphatic hydroxyl groups is 1. The maximum Gasteiger partial charge on any atom is 0.251 e. The fourth-order valence-corrected chi connectivity index (χ4v) is 1.68. The minimum atomic E-state index is -0.374. The van der Waals surface area contributed by atoms with Crippen molar-refractivity contribution in [2.45, 2.75) is 26.2 Å². The number of benzene rings is 1. The second-order valence-corrected chi connectivity index (χ2v) is 4.63. The number of aryl methyl sites for hydroxylation is 1. The summed E-state index contributed by atoms with van der Waals surface area (Å²) in [5.41, 5.74) is 7.30. The molecular formula is C16H20N2O3. The van der Waals surface area contributed by atoms with Gasteiger partial charge in [-0.15, -0.1) is 0 Å². The van der Waals surface area contributed by atoms with E-state index in [2.05, 4.69) is 17.2 Å². The predicted octanol–water partition coefficient (Wildman–Crippen LogP) is 0.724. The van der Waals surface area contributed by atoms with Crippen LogP contribution in [-0.4, -0.2) is 30.1 Å². The Labute approximate surface area is 124 Å². The number of amides is 2. The van der Waals surface area contributed by atoms with Crippen LogP contribution in [0.15, 0.2) is 18.2 Å². The second kappa shape index (κ2) is 8.77. The van der Waals surface area contributed by atoms with Gasteiger partial charge in [0.1, 0.15) is 0 Å². The van der Waals surface area contributed by atoms with Gasteiger partial charge in [0, 0.05) is 30.5 Å². The number of rotatable bonds is 6. The molecule has 1 aromatic carbocycles. The molecule has 1 aromatic rings. The van der Waals surface area contributed by atoms with Crippen molar-refractivity contribution >= 4 is 11.8 Å². The molecular weight excluding hydrogens is 268 g/mol. The third-order valence-electron chi connectivity index (χ3n) is 2.85. The number of aliphatic hydroxyl groups excluding tert-OH is 1. The summed E-state index contributed by atoms with van der Waals surface area (Å²) in [6.45, 7) is 2.34. The number of primary amides is 1. The van der Waals surface area contributed by atoms with Crippen LogP contribution in [0, 0.1) is 18.8 Å². The van der Waals surface area contributed by atoms with E-state index >= 15 is 0 Å². The fraction of sp³-hybridized carbons (Fsp3) is 0.375. The zero-order valence-electron chi connectivity index (χ0n) is 12.1. The molecule has 0 saturated heterocycles. The molecule has 21 heavy (non-hydrogen) atoms. The highest BCUT2D eigenvalue weighted by atomic mass is 16.2. The van der Waals surface area contributed by atoms with Crippen LogP contribution in [-0.2, 0) is 4.79 Å². The van der Waals surface area contributed by atoms with Crippen molar-refractivity contribution in [3.63, 3.8) is 0 Å². The zero-order valence-corrected chi connectivity index (χ0v) is 12.1. The van der Waals surface area contributed by atoms with Crippen LogP contribution in [0.1, 0.15) is 40.7 Å². The van der Waals surface area contributed by atoms with E-state index in [0.717, 1.165) is 11.1 Å². The van der Waals surface area contributed by atoms with E-state index in [9.17, 15) is 9.59 Å². The third kappa shape index (κ3) is 6.11. The maximum absolute atomic E-state index is 12.0. The number of nitrogens with two attached hydrogens (primary N) is 1. The van der Waals surface area contributed by atoms with Crippen LogP contribution in [0.4, 0.5) is 0 Å². The number of hydrogen-bond donors (Lipinski definition) is 3. The zero-order chi connectivity index (χ0) is 15.7. The summed E-state index contributed by atoms with van der Waals surface area (Å²) in [6.07, 6.45) is 1.19. The Hall–Kier alpha value is -2.32. The molecule has 0 unspecified atom stereocenters. The van der Waals surface area contributed by atoms with Crippen molar-refractivity contribution in [1.29, 1.82) is 0 Å². The first-order valence-electron chi connectivity index (χ1n) is 6.81. The highest BCUT2D eigenvalue weighted by molar-refractivity contribution is 5.94. The first kappa shape index (κ1) is 16.7. The lowest BCUT2D eigenvalue weighted by Gasteiger charge is -2.06. The normalized spacial score (nSPS) is 9.62. The Balaban J connectivity index is 2.66. The Morgan fingerprint density at radius 1 is 1.38 bits per heavy atom. The Kier molecular flexibility index (Phi) is 6.99. The van der Waals surface area contributed by atoms with E-state index in [4.69, 9.17) is 10.8 Å². The molecule has 0 heterocycles. The van der Waals surface area contributed by atoms with E-state index < -0.39 is 0 Å². The molecule has 1 rings (SSSR count). The Morgan fingerprint density at radius 3 is 2.81 bits per heavy atom. The van der Waals surface area contributed by atoms with E-state index in [1.54, 1.807) is 12.1 Å². The minimum Gasteiger partial charge on any atom is -0.395 e. The van der Waals surface area contributed by atoms with Gasteiger partial charge < -0.3 is 16.2 Å². The van der Waals surface area contributed by atoms with Gasteiger partial charge in [0.15, 0.2) is 0 Å². The van der Waals surface area contributed by atoms with Gasteiger partial charge in [-0.3, -0.25) is 9.59 Å². The van der Waals surface area contributed by atoms with Crippen molar-refractivity contribution < 1.29 is 14.7 Å². The van der Waals surface area contributed by atoms with E-state index in [0.29, 0.717) is 24.9 Å². The standard InChI is InChI=1S/C16H20N2O3/c1-12-7-8-14(11-13(12)5-2-3-10-19)16(21)18-9-4-6-15(17)20/h7-8,11,19H,3-4,6,9-10H2,1H3,(H2,17,20)(H,18,21). The molecule has 0 spiro atoms. The van der Waals surface area contributed by atoms with Crippen molar-refractivity contribution in [2.24, 2.45) is 5.73 Å². The highest BCUT2D eigenvalue weighted by Crippen LogP contribution is 2.10. The molecule has 0 aliphatic carbocycles. The molecule has 4 N–H and O–H groups in total. The molecule has 0 atom stereocenters. The van der Waals surface area contributed by atoms with Gasteiger partial charge in [-0.2, -0.15) is 0 Å². The smallest absolute Gasteiger partial charge is 0.251 e. The first-order chi connectivity index (χ1) is 10.0. The van der Waals surface area contributed by atoms with Gasteiger partial charge in [-0.05, 0) is 31.0 Å². The second-order valence-electron chi connectivity index (χ2n) is 4.63. The minimum absolute atomic E-state index is 0.0199. The van der Waals surface area contributed by atoms with Gasteiger partial charge >= 0.3 is 0 Å². The first-order valence-corrected chi connectivity index (χ1v) is 6.81. The summed E-state index contributed by atoms with van der Waals surface area (Å²) in [4.78, 5) is 22.6. The van der Waals surface area contributed by atoms with E-state index in [-0.39, 0.29) is 24.8 Å². The SMILES string of the molecule is Cc1ccc(C(=O)NCCCC(N)=O)cc1C#CCCO. The number of carbonyl (C=O) groups excluding carboxylic acids is 2. The van der Waals surface area contributed by atoms with Crippen LogP contribution < -0.4 is 11.1 Å². The highest BCUT2D eigenvalue weighted by Gasteiger charge is 2.07. The van der Waals surface area contributed by atoms with Crippen molar-refractivity contribution in [3.8, 4) is 11.8 Å². The molecule has 0 saturated carbocycles. The molecule has 0 fully saturated rings. The van der Waals surface area contributed by atoms with Crippen molar-refractivity contribution in [1.82, 2.24) is 5.32 Å². The quantitative estimate of drug-likeness (QED) is 0.532. The number of hydrogen-bond acceptors (Lipinski definition) is 3. The fourth-order valence-electron chi connectivity index (χ4n) is 1.68. The van der Waals surface area contributed by atoms with Gasteiger partial charge in [0.05, 0.1) is 6.61 Å². The Bertz CT molecular complexity index is 571. The summed E-state index contributed by atoms with van der Waals surface area (Å²) >= 11 is 0. The van der Waals surface area contributed by atoms with Crippen molar-refractivity contribution in [3.05, 3.63) is 34.9 Å². The van der Waals surface area contributed by atoms with Gasteiger partial charge in [-0.1, -0.05) is 17.9 Å². The average molecular weight is 288 g/mol. The lowest BCUT2D eigenvalue weighted by atomic mass is 10.0. The Morgan fingerprint density at radius 2 is 2.14 bits per heavy atom. The maximum atomic E-state index is 12.0. The molecule has 112 valence electrons. The van der Waals surface area contributed by atoms with Crippen LogP contribution in [0.3, 0.4) is 0 Å². The van der Waals surface area contributed by atoms with Crippen LogP contribution in [0.5, 0.6) is 0 Å². The summed E-state index contributed by atoms with van der Waals surface area (Å²) < 4.78 is 0. The molecule has 5 heteroatoms.